The lowest BCUT2D eigenvalue weighted by Crippen LogP contribution is -2.28. The Morgan fingerprint density at radius 3 is 1.17 bits per heavy atom. The van der Waals surface area contributed by atoms with Crippen molar-refractivity contribution in [3.63, 3.8) is 0 Å². The van der Waals surface area contributed by atoms with Gasteiger partial charge in [-0.2, -0.15) is 0 Å². The summed E-state index contributed by atoms with van der Waals surface area (Å²) in [5.41, 5.74) is 0. The quantitative estimate of drug-likeness (QED) is 0.719. The molecule has 18 heavy (non-hydrogen) atoms. The molecule has 4 aliphatic carbocycles. The number of hydrogen-bond donors (Lipinski definition) is 2. The van der Waals surface area contributed by atoms with E-state index in [1.807, 2.05) is 24.3 Å². The monoisotopic (exact) mass is 246 g/mol. The Morgan fingerprint density at radius 2 is 0.944 bits per heavy atom. The zero-order valence-electron chi connectivity index (χ0n) is 9.64. The van der Waals surface area contributed by atoms with Gasteiger partial charge < -0.3 is 10.2 Å². The van der Waals surface area contributed by atoms with E-state index < -0.39 is 11.9 Å². The maximum Gasteiger partial charge on any atom is 0.307 e. The van der Waals surface area contributed by atoms with Crippen LogP contribution >= 0.6 is 0 Å². The van der Waals surface area contributed by atoms with E-state index >= 15 is 0 Å². The van der Waals surface area contributed by atoms with Gasteiger partial charge in [-0.15, -0.1) is 0 Å². The number of allylic oxidation sites excluding steroid dienone is 4. The Balaban J connectivity index is 1.82. The molecule has 4 heteroatoms. The van der Waals surface area contributed by atoms with Crippen molar-refractivity contribution in [3.05, 3.63) is 24.3 Å². The molecule has 4 nitrogen and oxygen atoms in total. The summed E-state index contributed by atoms with van der Waals surface area (Å²) in [5.74, 6) is -1.54. The molecular formula is C14H14O4. The topological polar surface area (TPSA) is 74.6 Å². The standard InChI is InChI=1S/C14H14O4/c15-13(16)11-5-1-2-6-9(5)10-7(11)3-4-8(10)12(6)14(17)18/h1-12H,(H,15,16)(H,17,18)/t5-,6+,7+,8-,9?,10?,11?,12?. The van der Waals surface area contributed by atoms with Gasteiger partial charge in [0, 0.05) is 0 Å². The van der Waals surface area contributed by atoms with Crippen LogP contribution < -0.4 is 0 Å². The summed E-state index contributed by atoms with van der Waals surface area (Å²) in [5, 5.41) is 18.8. The molecule has 0 amide bonds. The molecule has 94 valence electrons. The highest BCUT2D eigenvalue weighted by atomic mass is 16.4. The molecule has 0 aromatic carbocycles. The van der Waals surface area contributed by atoms with Crippen molar-refractivity contribution >= 4 is 11.9 Å². The Hall–Kier alpha value is -1.58. The zero-order chi connectivity index (χ0) is 12.6. The van der Waals surface area contributed by atoms with E-state index in [4.69, 9.17) is 0 Å². The van der Waals surface area contributed by atoms with Gasteiger partial charge in [-0.3, -0.25) is 9.59 Å². The highest BCUT2D eigenvalue weighted by molar-refractivity contribution is 5.76. The van der Waals surface area contributed by atoms with Crippen LogP contribution in [-0.4, -0.2) is 22.2 Å². The number of carboxylic acid groups (broad SMARTS) is 2. The van der Waals surface area contributed by atoms with Gasteiger partial charge in [-0.25, -0.2) is 0 Å². The third kappa shape index (κ3) is 0.945. The molecule has 4 rings (SSSR count). The predicted octanol–water partition coefficient (Wildman–Crippen LogP) is 1.25. The molecule has 0 heterocycles. The van der Waals surface area contributed by atoms with Gasteiger partial charge >= 0.3 is 11.9 Å². The molecule has 0 aromatic rings. The summed E-state index contributed by atoms with van der Waals surface area (Å²) >= 11 is 0. The third-order valence-electron chi connectivity index (χ3n) is 5.56. The number of rotatable bonds is 2. The van der Waals surface area contributed by atoms with Gasteiger partial charge in [0.2, 0.25) is 0 Å². The fourth-order valence-electron chi connectivity index (χ4n) is 5.17. The second-order valence-electron chi connectivity index (χ2n) is 5.96. The lowest BCUT2D eigenvalue weighted by Gasteiger charge is -2.19. The van der Waals surface area contributed by atoms with Gasteiger partial charge in [-0.1, -0.05) is 24.3 Å². The molecule has 0 aliphatic heterocycles. The molecule has 2 N–H and O–H groups in total. The minimum absolute atomic E-state index is 0.0410. The van der Waals surface area contributed by atoms with Crippen LogP contribution in [0.2, 0.25) is 0 Å². The lowest BCUT2D eigenvalue weighted by atomic mass is 9.83. The van der Waals surface area contributed by atoms with Crippen molar-refractivity contribution < 1.29 is 19.8 Å². The van der Waals surface area contributed by atoms with Crippen LogP contribution in [0, 0.1) is 47.3 Å². The van der Waals surface area contributed by atoms with Crippen molar-refractivity contribution in [2.45, 2.75) is 0 Å². The second-order valence-corrected chi connectivity index (χ2v) is 5.96. The molecule has 0 aromatic heterocycles. The van der Waals surface area contributed by atoms with E-state index in [1.165, 1.54) is 0 Å². The molecule has 2 saturated carbocycles. The molecule has 0 spiro atoms. The average molecular weight is 246 g/mol. The van der Waals surface area contributed by atoms with E-state index in [2.05, 4.69) is 0 Å². The van der Waals surface area contributed by atoms with Crippen molar-refractivity contribution in [1.29, 1.82) is 0 Å². The Kier molecular flexibility index (Phi) is 1.75. The second kappa shape index (κ2) is 3.05. The number of carbonyl (C=O) groups is 2. The van der Waals surface area contributed by atoms with Gasteiger partial charge in [0.15, 0.2) is 0 Å². The van der Waals surface area contributed by atoms with Crippen molar-refractivity contribution in [2.75, 3.05) is 0 Å². The van der Waals surface area contributed by atoms with Crippen molar-refractivity contribution in [1.82, 2.24) is 0 Å². The van der Waals surface area contributed by atoms with Gasteiger partial charge in [0.25, 0.3) is 0 Å². The van der Waals surface area contributed by atoms with Crippen LogP contribution in [0.4, 0.5) is 0 Å². The smallest absolute Gasteiger partial charge is 0.307 e. The summed E-state index contributed by atoms with van der Waals surface area (Å²) in [7, 11) is 0. The molecule has 0 bridgehead atoms. The Morgan fingerprint density at radius 1 is 0.667 bits per heavy atom. The number of hydrogen-bond acceptors (Lipinski definition) is 2. The molecular weight excluding hydrogens is 232 g/mol. The van der Waals surface area contributed by atoms with Crippen molar-refractivity contribution in [2.24, 2.45) is 47.3 Å². The van der Waals surface area contributed by atoms with Crippen LogP contribution in [0.1, 0.15) is 0 Å². The molecule has 0 saturated heterocycles. The average Bonchev–Trinajstić information content (AvgIpc) is 2.95. The predicted molar refractivity (Wildman–Crippen MR) is 61.5 cm³/mol. The normalized spacial score (nSPS) is 54.0. The Bertz CT molecular complexity index is 432. The first-order valence-corrected chi connectivity index (χ1v) is 6.43. The van der Waals surface area contributed by atoms with Crippen LogP contribution in [0.5, 0.6) is 0 Å². The maximum atomic E-state index is 11.4. The summed E-state index contributed by atoms with van der Waals surface area (Å²) in [6, 6.07) is 0. The van der Waals surface area contributed by atoms with E-state index in [0.29, 0.717) is 0 Å². The first-order valence-electron chi connectivity index (χ1n) is 6.43. The number of carboxylic acids is 2. The van der Waals surface area contributed by atoms with E-state index in [0.717, 1.165) is 0 Å². The van der Waals surface area contributed by atoms with E-state index in [-0.39, 0.29) is 47.3 Å². The van der Waals surface area contributed by atoms with Crippen LogP contribution in [-0.2, 0) is 9.59 Å². The molecule has 2 fully saturated rings. The zero-order valence-corrected chi connectivity index (χ0v) is 9.64. The van der Waals surface area contributed by atoms with Crippen LogP contribution in [0.25, 0.3) is 0 Å². The summed E-state index contributed by atoms with van der Waals surface area (Å²) in [4.78, 5) is 22.9. The SMILES string of the molecule is O=C(O)C1[C@H]2C=C[C@H]3C(C(=O)O)[C@H]4C=C[C@@H]1C4C23. The van der Waals surface area contributed by atoms with Gasteiger partial charge in [0.1, 0.15) is 0 Å². The summed E-state index contributed by atoms with van der Waals surface area (Å²) in [6.07, 6.45) is 7.86. The Labute approximate surface area is 104 Å². The molecule has 8 atom stereocenters. The van der Waals surface area contributed by atoms with Crippen LogP contribution in [0.15, 0.2) is 24.3 Å². The molecule has 4 aliphatic rings. The summed E-state index contributed by atoms with van der Waals surface area (Å²) in [6.45, 7) is 0. The first-order chi connectivity index (χ1) is 8.61. The fraction of sp³-hybridized carbons (Fsp3) is 0.571. The van der Waals surface area contributed by atoms with E-state index in [1.54, 1.807) is 0 Å². The third-order valence-corrected chi connectivity index (χ3v) is 5.56. The molecule has 4 unspecified atom stereocenters. The fourth-order valence-corrected chi connectivity index (χ4v) is 5.17. The largest absolute Gasteiger partial charge is 0.481 e. The first kappa shape index (κ1) is 10.4. The van der Waals surface area contributed by atoms with Crippen LogP contribution in [0.3, 0.4) is 0 Å². The number of aliphatic carboxylic acids is 2. The highest BCUT2D eigenvalue weighted by Gasteiger charge is 2.67. The van der Waals surface area contributed by atoms with E-state index in [9.17, 15) is 19.8 Å². The minimum atomic E-state index is -0.734. The van der Waals surface area contributed by atoms with Gasteiger partial charge in [0.05, 0.1) is 11.8 Å². The molecule has 0 radical (unpaired) electrons. The summed E-state index contributed by atoms with van der Waals surface area (Å²) < 4.78 is 0. The highest BCUT2D eigenvalue weighted by Crippen LogP contribution is 2.67. The van der Waals surface area contributed by atoms with Gasteiger partial charge in [-0.05, 0) is 35.5 Å². The van der Waals surface area contributed by atoms with Crippen molar-refractivity contribution in [3.8, 4) is 0 Å². The lowest BCUT2D eigenvalue weighted by molar-refractivity contribution is -0.144. The maximum absolute atomic E-state index is 11.4. The minimum Gasteiger partial charge on any atom is -0.481 e.